The Hall–Kier alpha value is -1.09. The zero-order chi connectivity index (χ0) is 10.9. The number of nitrogens with one attached hydrogen (secondary N) is 1. The summed E-state index contributed by atoms with van der Waals surface area (Å²) in [6, 6.07) is 4.01. The van der Waals surface area contributed by atoms with Gasteiger partial charge in [-0.15, -0.1) is 0 Å². The highest BCUT2D eigenvalue weighted by Gasteiger charge is 1.92. The molecule has 0 unspecified atom stereocenters. The molecule has 0 atom stereocenters. The maximum atomic E-state index is 5.45. The van der Waals surface area contributed by atoms with E-state index in [4.69, 9.17) is 4.74 Å². The molecule has 84 valence electrons. The first-order valence-electron chi connectivity index (χ1n) is 5.57. The maximum Gasteiger partial charge on any atom is 0.0639 e. The lowest BCUT2D eigenvalue weighted by Gasteiger charge is -2.07. The van der Waals surface area contributed by atoms with Crippen LogP contribution in [0, 0.1) is 6.92 Å². The Labute approximate surface area is 91.9 Å². The van der Waals surface area contributed by atoms with E-state index in [0.717, 1.165) is 37.6 Å². The summed E-state index contributed by atoms with van der Waals surface area (Å²) >= 11 is 0. The summed E-state index contributed by atoms with van der Waals surface area (Å²) in [4.78, 5) is 4.14. The molecule has 0 spiro atoms. The fourth-order valence-corrected chi connectivity index (χ4v) is 1.27. The Morgan fingerprint density at radius 3 is 3.00 bits per heavy atom. The van der Waals surface area contributed by atoms with Gasteiger partial charge in [0.15, 0.2) is 0 Å². The van der Waals surface area contributed by atoms with Gasteiger partial charge in [0, 0.05) is 30.7 Å². The molecule has 0 aromatic carbocycles. The third-order valence-electron chi connectivity index (χ3n) is 2.11. The second-order valence-electron chi connectivity index (χ2n) is 3.58. The van der Waals surface area contributed by atoms with Gasteiger partial charge in [-0.2, -0.15) is 0 Å². The molecular weight excluding hydrogens is 188 g/mol. The molecule has 1 aromatic heterocycles. The molecule has 0 saturated heterocycles. The monoisotopic (exact) mass is 208 g/mol. The SMILES string of the molecule is CCCCOCCNc1ccnc(C)c1. The summed E-state index contributed by atoms with van der Waals surface area (Å²) < 4.78 is 5.45. The minimum absolute atomic E-state index is 0.765. The highest BCUT2D eigenvalue weighted by Crippen LogP contribution is 2.05. The molecule has 0 aliphatic rings. The number of hydrogen-bond donors (Lipinski definition) is 1. The lowest BCUT2D eigenvalue weighted by Crippen LogP contribution is -2.10. The first kappa shape index (κ1) is 12.0. The molecule has 0 radical (unpaired) electrons. The van der Waals surface area contributed by atoms with Gasteiger partial charge in [0.05, 0.1) is 6.61 Å². The molecular formula is C12H20N2O. The maximum absolute atomic E-state index is 5.45. The third kappa shape index (κ3) is 5.37. The van der Waals surface area contributed by atoms with E-state index in [-0.39, 0.29) is 0 Å². The molecule has 0 fully saturated rings. The number of nitrogens with zero attached hydrogens (tertiary/aromatic N) is 1. The highest BCUT2D eigenvalue weighted by molar-refractivity contribution is 5.42. The lowest BCUT2D eigenvalue weighted by molar-refractivity contribution is 0.141. The van der Waals surface area contributed by atoms with Gasteiger partial charge in [-0.05, 0) is 25.5 Å². The van der Waals surface area contributed by atoms with Crippen LogP contribution in [-0.2, 0) is 4.74 Å². The van der Waals surface area contributed by atoms with Crippen LogP contribution in [0.4, 0.5) is 5.69 Å². The number of hydrogen-bond acceptors (Lipinski definition) is 3. The Morgan fingerprint density at radius 2 is 2.27 bits per heavy atom. The normalized spacial score (nSPS) is 10.3. The largest absolute Gasteiger partial charge is 0.383 e. The van der Waals surface area contributed by atoms with E-state index in [1.807, 2.05) is 25.3 Å². The summed E-state index contributed by atoms with van der Waals surface area (Å²) in [5, 5.41) is 3.30. The predicted octanol–water partition coefficient (Wildman–Crippen LogP) is 2.62. The van der Waals surface area contributed by atoms with Crippen LogP contribution < -0.4 is 5.32 Å². The molecule has 0 saturated carbocycles. The number of aromatic nitrogens is 1. The molecule has 0 amide bonds. The number of ether oxygens (including phenoxy) is 1. The molecule has 1 heterocycles. The fourth-order valence-electron chi connectivity index (χ4n) is 1.27. The molecule has 15 heavy (non-hydrogen) atoms. The Balaban J connectivity index is 2.10. The average Bonchev–Trinajstić information content (AvgIpc) is 2.23. The lowest BCUT2D eigenvalue weighted by atomic mass is 10.3. The van der Waals surface area contributed by atoms with E-state index in [1.165, 1.54) is 6.42 Å². The molecule has 1 N–H and O–H groups in total. The van der Waals surface area contributed by atoms with Crippen molar-refractivity contribution in [2.24, 2.45) is 0 Å². The van der Waals surface area contributed by atoms with E-state index >= 15 is 0 Å². The van der Waals surface area contributed by atoms with E-state index in [2.05, 4.69) is 17.2 Å². The van der Waals surface area contributed by atoms with E-state index < -0.39 is 0 Å². The topological polar surface area (TPSA) is 34.1 Å². The molecule has 3 nitrogen and oxygen atoms in total. The van der Waals surface area contributed by atoms with Crippen LogP contribution in [0.5, 0.6) is 0 Å². The van der Waals surface area contributed by atoms with Crippen molar-refractivity contribution in [1.29, 1.82) is 0 Å². The van der Waals surface area contributed by atoms with Crippen molar-refractivity contribution in [3.05, 3.63) is 24.0 Å². The van der Waals surface area contributed by atoms with E-state index in [1.54, 1.807) is 0 Å². The van der Waals surface area contributed by atoms with Gasteiger partial charge in [0.1, 0.15) is 0 Å². The Bertz CT molecular complexity index is 276. The standard InChI is InChI=1S/C12H20N2O/c1-3-4-8-15-9-7-14-12-5-6-13-11(2)10-12/h5-6,10H,3-4,7-9H2,1-2H3,(H,13,14). The summed E-state index contributed by atoms with van der Waals surface area (Å²) in [5.41, 5.74) is 2.15. The number of aryl methyl sites for hydroxylation is 1. The molecule has 0 bridgehead atoms. The van der Waals surface area contributed by atoms with Crippen molar-refractivity contribution in [3.8, 4) is 0 Å². The van der Waals surface area contributed by atoms with Crippen molar-refractivity contribution < 1.29 is 4.74 Å². The van der Waals surface area contributed by atoms with E-state index in [9.17, 15) is 0 Å². The average molecular weight is 208 g/mol. The van der Waals surface area contributed by atoms with Crippen LogP contribution in [0.15, 0.2) is 18.3 Å². The first-order chi connectivity index (χ1) is 7.33. The number of rotatable bonds is 7. The third-order valence-corrected chi connectivity index (χ3v) is 2.11. The zero-order valence-corrected chi connectivity index (χ0v) is 9.62. The second-order valence-corrected chi connectivity index (χ2v) is 3.58. The quantitative estimate of drug-likeness (QED) is 0.699. The fraction of sp³-hybridized carbons (Fsp3) is 0.583. The van der Waals surface area contributed by atoms with Crippen LogP contribution >= 0.6 is 0 Å². The van der Waals surface area contributed by atoms with Crippen LogP contribution in [0.3, 0.4) is 0 Å². The first-order valence-corrected chi connectivity index (χ1v) is 5.57. The van der Waals surface area contributed by atoms with Crippen LogP contribution in [0.1, 0.15) is 25.5 Å². The zero-order valence-electron chi connectivity index (χ0n) is 9.62. The van der Waals surface area contributed by atoms with Gasteiger partial charge < -0.3 is 10.1 Å². The van der Waals surface area contributed by atoms with Gasteiger partial charge in [-0.1, -0.05) is 13.3 Å². The van der Waals surface area contributed by atoms with Crippen molar-refractivity contribution >= 4 is 5.69 Å². The van der Waals surface area contributed by atoms with Crippen LogP contribution in [0.25, 0.3) is 0 Å². The van der Waals surface area contributed by atoms with Crippen molar-refractivity contribution in [3.63, 3.8) is 0 Å². The molecule has 1 rings (SSSR count). The highest BCUT2D eigenvalue weighted by atomic mass is 16.5. The van der Waals surface area contributed by atoms with Gasteiger partial charge in [-0.3, -0.25) is 4.98 Å². The summed E-state index contributed by atoms with van der Waals surface area (Å²) in [6.45, 7) is 6.65. The van der Waals surface area contributed by atoms with Gasteiger partial charge in [0.25, 0.3) is 0 Å². The van der Waals surface area contributed by atoms with E-state index in [0.29, 0.717) is 0 Å². The van der Waals surface area contributed by atoms with Crippen LogP contribution in [0.2, 0.25) is 0 Å². The number of pyridine rings is 1. The van der Waals surface area contributed by atoms with Gasteiger partial charge >= 0.3 is 0 Å². The minimum Gasteiger partial charge on any atom is -0.383 e. The molecule has 3 heteroatoms. The predicted molar refractivity (Wildman–Crippen MR) is 63.2 cm³/mol. The smallest absolute Gasteiger partial charge is 0.0639 e. The van der Waals surface area contributed by atoms with Crippen molar-refractivity contribution in [2.75, 3.05) is 25.1 Å². The second kappa shape index (κ2) is 7.23. The number of anilines is 1. The Morgan fingerprint density at radius 1 is 1.40 bits per heavy atom. The summed E-state index contributed by atoms with van der Waals surface area (Å²) in [7, 11) is 0. The van der Waals surface area contributed by atoms with Gasteiger partial charge in [-0.25, -0.2) is 0 Å². The summed E-state index contributed by atoms with van der Waals surface area (Å²) in [5.74, 6) is 0. The summed E-state index contributed by atoms with van der Waals surface area (Å²) in [6.07, 6.45) is 4.15. The molecule has 0 aliphatic carbocycles. The molecule has 1 aromatic rings. The van der Waals surface area contributed by atoms with Gasteiger partial charge in [0.2, 0.25) is 0 Å². The number of unbranched alkanes of at least 4 members (excludes halogenated alkanes) is 1. The van der Waals surface area contributed by atoms with Crippen molar-refractivity contribution in [2.45, 2.75) is 26.7 Å². The van der Waals surface area contributed by atoms with Crippen molar-refractivity contribution in [1.82, 2.24) is 4.98 Å². The Kier molecular flexibility index (Phi) is 5.78. The van der Waals surface area contributed by atoms with Crippen LogP contribution in [-0.4, -0.2) is 24.7 Å². The molecule has 0 aliphatic heterocycles. The minimum atomic E-state index is 0.765.